The van der Waals surface area contributed by atoms with E-state index < -0.39 is 0 Å². The van der Waals surface area contributed by atoms with Crippen molar-refractivity contribution in [3.63, 3.8) is 0 Å². The van der Waals surface area contributed by atoms with Crippen molar-refractivity contribution in [3.8, 4) is 0 Å². The molecule has 3 nitrogen and oxygen atoms in total. The number of carbonyl (C=O) groups excluding carboxylic acids is 1. The van der Waals surface area contributed by atoms with Gasteiger partial charge in [-0.05, 0) is 39.2 Å². The lowest BCUT2D eigenvalue weighted by Gasteiger charge is -2.38. The molecule has 1 aliphatic heterocycles. The summed E-state index contributed by atoms with van der Waals surface area (Å²) >= 11 is 0. The number of nitrogens with one attached hydrogen (secondary N) is 1. The molecule has 0 radical (unpaired) electrons. The number of hydrogen-bond acceptors (Lipinski definition) is 2. The largest absolute Gasteiger partial charge is 0.351 e. The van der Waals surface area contributed by atoms with Gasteiger partial charge in [-0.1, -0.05) is 36.2 Å². The first kappa shape index (κ1) is 15.0. The van der Waals surface area contributed by atoms with Crippen LogP contribution in [0, 0.1) is 6.92 Å². The Kier molecular flexibility index (Phi) is 5.18. The molecule has 2 rings (SSSR count). The smallest absolute Gasteiger partial charge is 0.234 e. The maximum Gasteiger partial charge on any atom is 0.234 e. The first-order valence-electron chi connectivity index (χ1n) is 7.64. The van der Waals surface area contributed by atoms with Crippen LogP contribution in [0.3, 0.4) is 0 Å². The molecule has 0 aliphatic carbocycles. The van der Waals surface area contributed by atoms with Crippen molar-refractivity contribution >= 4 is 5.91 Å². The Hall–Kier alpha value is -1.35. The molecular formula is C17H26N2O. The molecule has 1 aromatic rings. The van der Waals surface area contributed by atoms with Gasteiger partial charge >= 0.3 is 0 Å². The van der Waals surface area contributed by atoms with Crippen LogP contribution in [0.4, 0.5) is 0 Å². The molecule has 0 spiro atoms. The third kappa shape index (κ3) is 4.07. The van der Waals surface area contributed by atoms with E-state index in [9.17, 15) is 4.79 Å². The van der Waals surface area contributed by atoms with Crippen LogP contribution in [0.5, 0.6) is 0 Å². The Labute approximate surface area is 122 Å². The molecule has 1 saturated heterocycles. The summed E-state index contributed by atoms with van der Waals surface area (Å²) in [5.41, 5.74) is 2.40. The van der Waals surface area contributed by atoms with Gasteiger partial charge in [0.25, 0.3) is 0 Å². The summed E-state index contributed by atoms with van der Waals surface area (Å²) in [5, 5.41) is 3.03. The van der Waals surface area contributed by atoms with Crippen LogP contribution >= 0.6 is 0 Å². The quantitative estimate of drug-likeness (QED) is 0.915. The minimum Gasteiger partial charge on any atom is -0.351 e. The summed E-state index contributed by atoms with van der Waals surface area (Å²) in [5.74, 6) is 0.131. The van der Waals surface area contributed by atoms with Crippen molar-refractivity contribution in [3.05, 3.63) is 35.4 Å². The fraction of sp³-hybridized carbons (Fsp3) is 0.588. The number of amides is 1. The van der Waals surface area contributed by atoms with E-state index in [1.807, 2.05) is 0 Å². The molecule has 1 amide bonds. The van der Waals surface area contributed by atoms with Crippen molar-refractivity contribution in [2.75, 3.05) is 6.54 Å². The number of hydrogen-bond donors (Lipinski definition) is 1. The average Bonchev–Trinajstić information content (AvgIpc) is 2.42. The lowest BCUT2D eigenvalue weighted by Crippen LogP contribution is -2.48. The molecule has 3 heteroatoms. The molecule has 110 valence electrons. The van der Waals surface area contributed by atoms with Gasteiger partial charge < -0.3 is 5.32 Å². The first-order valence-corrected chi connectivity index (χ1v) is 7.64. The summed E-state index contributed by atoms with van der Waals surface area (Å²) < 4.78 is 0. The van der Waals surface area contributed by atoms with Gasteiger partial charge in [-0.2, -0.15) is 0 Å². The molecule has 2 atom stereocenters. The molecule has 1 aromatic carbocycles. The van der Waals surface area contributed by atoms with E-state index in [1.165, 1.54) is 24.8 Å². The van der Waals surface area contributed by atoms with Gasteiger partial charge in [-0.3, -0.25) is 9.69 Å². The summed E-state index contributed by atoms with van der Waals surface area (Å²) in [7, 11) is 0. The van der Waals surface area contributed by atoms with Gasteiger partial charge in [-0.25, -0.2) is 0 Å². The fourth-order valence-electron chi connectivity index (χ4n) is 2.91. The molecule has 1 fully saturated rings. The number of nitrogens with zero attached hydrogens (tertiary/aromatic N) is 1. The van der Waals surface area contributed by atoms with Crippen LogP contribution < -0.4 is 5.32 Å². The van der Waals surface area contributed by atoms with Crippen LogP contribution in [0.15, 0.2) is 24.3 Å². The van der Waals surface area contributed by atoms with Crippen LogP contribution in [0.1, 0.15) is 44.2 Å². The van der Waals surface area contributed by atoms with Crippen molar-refractivity contribution in [1.29, 1.82) is 0 Å². The van der Waals surface area contributed by atoms with E-state index in [1.54, 1.807) is 0 Å². The summed E-state index contributed by atoms with van der Waals surface area (Å²) in [4.78, 5) is 14.4. The second-order valence-electron chi connectivity index (χ2n) is 6.06. The third-order valence-electron chi connectivity index (χ3n) is 4.31. The lowest BCUT2D eigenvalue weighted by molar-refractivity contribution is -0.124. The second-order valence-corrected chi connectivity index (χ2v) is 6.06. The van der Waals surface area contributed by atoms with Gasteiger partial charge in [0.05, 0.1) is 6.54 Å². The highest BCUT2D eigenvalue weighted by Crippen LogP contribution is 2.21. The SMILES string of the molecule is Cc1ccc(CNC(=O)CN2C(C)CCCC2C)cc1. The van der Waals surface area contributed by atoms with Gasteiger partial charge in [-0.15, -0.1) is 0 Å². The highest BCUT2D eigenvalue weighted by atomic mass is 16.2. The first-order chi connectivity index (χ1) is 9.56. The monoisotopic (exact) mass is 274 g/mol. The predicted octanol–water partition coefficient (Wildman–Crippen LogP) is 2.87. The number of carbonyl (C=O) groups is 1. The normalized spacial score (nSPS) is 23.6. The summed E-state index contributed by atoms with van der Waals surface area (Å²) in [6.07, 6.45) is 3.69. The Morgan fingerprint density at radius 1 is 1.20 bits per heavy atom. The molecule has 1 heterocycles. The van der Waals surface area contributed by atoms with E-state index in [2.05, 4.69) is 55.3 Å². The molecular weight excluding hydrogens is 248 g/mol. The third-order valence-corrected chi connectivity index (χ3v) is 4.31. The lowest BCUT2D eigenvalue weighted by atomic mass is 9.97. The van der Waals surface area contributed by atoms with Gasteiger partial charge in [0, 0.05) is 18.6 Å². The Morgan fingerprint density at radius 3 is 2.40 bits per heavy atom. The Morgan fingerprint density at radius 2 is 1.80 bits per heavy atom. The van der Waals surface area contributed by atoms with E-state index in [4.69, 9.17) is 0 Å². The highest BCUT2D eigenvalue weighted by molar-refractivity contribution is 5.78. The minimum absolute atomic E-state index is 0.131. The molecule has 0 bridgehead atoms. The molecule has 0 aromatic heterocycles. The van der Waals surface area contributed by atoms with Gasteiger partial charge in [0.1, 0.15) is 0 Å². The second kappa shape index (κ2) is 6.89. The number of aryl methyl sites for hydroxylation is 1. The van der Waals surface area contributed by atoms with Crippen molar-refractivity contribution in [1.82, 2.24) is 10.2 Å². The average molecular weight is 274 g/mol. The van der Waals surface area contributed by atoms with Gasteiger partial charge in [0.15, 0.2) is 0 Å². The predicted molar refractivity (Wildman–Crippen MR) is 82.5 cm³/mol. The molecule has 2 unspecified atom stereocenters. The Bertz CT molecular complexity index is 431. The van der Waals surface area contributed by atoms with Crippen molar-refractivity contribution in [2.24, 2.45) is 0 Å². The number of piperidine rings is 1. The standard InChI is InChI=1S/C17H26N2O/c1-13-7-9-16(10-8-13)11-18-17(20)12-19-14(2)5-4-6-15(19)3/h7-10,14-15H,4-6,11-12H2,1-3H3,(H,18,20). The van der Waals surface area contributed by atoms with E-state index in [0.717, 1.165) is 5.56 Å². The molecule has 1 N–H and O–H groups in total. The van der Waals surface area contributed by atoms with Crippen LogP contribution in [-0.4, -0.2) is 29.4 Å². The Balaban J connectivity index is 1.81. The van der Waals surface area contributed by atoms with Crippen LogP contribution in [0.25, 0.3) is 0 Å². The van der Waals surface area contributed by atoms with Gasteiger partial charge in [0.2, 0.25) is 5.91 Å². The topological polar surface area (TPSA) is 32.3 Å². The fourth-order valence-corrected chi connectivity index (χ4v) is 2.91. The maximum atomic E-state index is 12.1. The number of benzene rings is 1. The maximum absolute atomic E-state index is 12.1. The van der Waals surface area contributed by atoms with E-state index in [0.29, 0.717) is 25.2 Å². The zero-order valence-electron chi connectivity index (χ0n) is 12.9. The minimum atomic E-state index is 0.131. The molecule has 1 aliphatic rings. The summed E-state index contributed by atoms with van der Waals surface area (Å²) in [6.45, 7) is 7.66. The molecule has 0 saturated carbocycles. The van der Waals surface area contributed by atoms with Crippen LogP contribution in [-0.2, 0) is 11.3 Å². The van der Waals surface area contributed by atoms with Crippen molar-refractivity contribution < 1.29 is 4.79 Å². The van der Waals surface area contributed by atoms with E-state index in [-0.39, 0.29) is 5.91 Å². The van der Waals surface area contributed by atoms with Crippen molar-refractivity contribution in [2.45, 2.75) is 58.7 Å². The zero-order chi connectivity index (χ0) is 14.5. The molecule has 20 heavy (non-hydrogen) atoms. The van der Waals surface area contributed by atoms with Crippen LogP contribution in [0.2, 0.25) is 0 Å². The van der Waals surface area contributed by atoms with E-state index >= 15 is 0 Å². The summed E-state index contributed by atoms with van der Waals surface area (Å²) in [6, 6.07) is 9.34. The highest BCUT2D eigenvalue weighted by Gasteiger charge is 2.26. The number of likely N-dealkylation sites (tertiary alicyclic amines) is 1. The zero-order valence-corrected chi connectivity index (χ0v) is 12.9. The number of rotatable bonds is 4.